The van der Waals surface area contributed by atoms with Crippen LogP contribution in [-0.2, 0) is 4.79 Å². The fraction of sp³-hybridized carbons (Fsp3) is 0.238. The Morgan fingerprint density at radius 1 is 1.19 bits per heavy atom. The zero-order valence-corrected chi connectivity index (χ0v) is 16.2. The SMILES string of the molecule is CCC(=O)NC(c1cccc(OC)c1)c1cc(Cl)c2cccnc2c1OC. The van der Waals surface area contributed by atoms with Crippen LogP contribution in [0.1, 0.15) is 30.5 Å². The molecule has 140 valence electrons. The van der Waals surface area contributed by atoms with Gasteiger partial charge in [0.25, 0.3) is 0 Å². The summed E-state index contributed by atoms with van der Waals surface area (Å²) < 4.78 is 11.0. The molecule has 0 spiro atoms. The van der Waals surface area contributed by atoms with E-state index in [9.17, 15) is 4.79 Å². The molecule has 5 nitrogen and oxygen atoms in total. The van der Waals surface area contributed by atoms with Gasteiger partial charge in [0.2, 0.25) is 5.91 Å². The molecule has 3 aromatic rings. The molecule has 27 heavy (non-hydrogen) atoms. The van der Waals surface area contributed by atoms with Gasteiger partial charge >= 0.3 is 0 Å². The van der Waals surface area contributed by atoms with E-state index in [4.69, 9.17) is 21.1 Å². The molecule has 0 aliphatic rings. The molecule has 0 aliphatic carbocycles. The summed E-state index contributed by atoms with van der Waals surface area (Å²) in [5, 5.41) is 4.40. The quantitative estimate of drug-likeness (QED) is 0.678. The number of halogens is 1. The maximum absolute atomic E-state index is 12.2. The van der Waals surface area contributed by atoms with Crippen molar-refractivity contribution < 1.29 is 14.3 Å². The number of nitrogens with zero attached hydrogens (tertiary/aromatic N) is 1. The summed E-state index contributed by atoms with van der Waals surface area (Å²) in [7, 11) is 3.20. The first-order valence-corrected chi connectivity index (χ1v) is 9.01. The Morgan fingerprint density at radius 2 is 2.00 bits per heavy atom. The minimum atomic E-state index is -0.452. The Hall–Kier alpha value is -2.79. The number of fused-ring (bicyclic) bond motifs is 1. The fourth-order valence-electron chi connectivity index (χ4n) is 3.05. The third kappa shape index (κ3) is 3.83. The van der Waals surface area contributed by atoms with E-state index >= 15 is 0 Å². The van der Waals surface area contributed by atoms with Crippen LogP contribution in [0.5, 0.6) is 11.5 Å². The third-order valence-electron chi connectivity index (χ3n) is 4.39. The molecule has 1 N–H and O–H groups in total. The first-order valence-electron chi connectivity index (χ1n) is 8.63. The molecule has 1 unspecified atom stereocenters. The summed E-state index contributed by atoms with van der Waals surface area (Å²) in [6, 6.07) is 12.6. The van der Waals surface area contributed by atoms with Gasteiger partial charge in [-0.1, -0.05) is 30.7 Å². The molecule has 1 heterocycles. The van der Waals surface area contributed by atoms with Crippen LogP contribution < -0.4 is 14.8 Å². The zero-order valence-electron chi connectivity index (χ0n) is 15.5. The lowest BCUT2D eigenvalue weighted by atomic mass is 9.95. The fourth-order valence-corrected chi connectivity index (χ4v) is 3.32. The first kappa shape index (κ1) is 19.0. The van der Waals surface area contributed by atoms with Crippen molar-refractivity contribution >= 4 is 28.4 Å². The molecule has 1 aromatic heterocycles. The molecule has 0 aliphatic heterocycles. The van der Waals surface area contributed by atoms with E-state index in [1.54, 1.807) is 20.4 Å². The molecule has 2 aromatic carbocycles. The minimum Gasteiger partial charge on any atom is -0.497 e. The van der Waals surface area contributed by atoms with Gasteiger partial charge in [0.05, 0.1) is 25.3 Å². The van der Waals surface area contributed by atoms with Crippen molar-refractivity contribution in [3.8, 4) is 11.5 Å². The van der Waals surface area contributed by atoms with E-state index in [2.05, 4.69) is 10.3 Å². The monoisotopic (exact) mass is 384 g/mol. The van der Waals surface area contributed by atoms with Crippen molar-refractivity contribution in [2.45, 2.75) is 19.4 Å². The highest BCUT2D eigenvalue weighted by Crippen LogP contribution is 2.39. The van der Waals surface area contributed by atoms with Crippen LogP contribution in [0.4, 0.5) is 0 Å². The summed E-state index contributed by atoms with van der Waals surface area (Å²) in [5.74, 6) is 1.20. The van der Waals surface area contributed by atoms with Crippen molar-refractivity contribution in [2.24, 2.45) is 0 Å². The Balaban J connectivity index is 2.24. The van der Waals surface area contributed by atoms with E-state index in [0.717, 1.165) is 16.5 Å². The number of pyridine rings is 1. The number of hydrogen-bond acceptors (Lipinski definition) is 4. The van der Waals surface area contributed by atoms with E-state index < -0.39 is 6.04 Å². The van der Waals surface area contributed by atoms with Gasteiger partial charge in [-0.15, -0.1) is 0 Å². The van der Waals surface area contributed by atoms with Crippen LogP contribution in [0, 0.1) is 0 Å². The molecular formula is C21H21ClN2O3. The predicted molar refractivity (Wildman–Crippen MR) is 107 cm³/mol. The second-order valence-electron chi connectivity index (χ2n) is 6.01. The van der Waals surface area contributed by atoms with Crippen molar-refractivity contribution in [1.82, 2.24) is 10.3 Å². The molecular weight excluding hydrogens is 364 g/mol. The lowest BCUT2D eigenvalue weighted by Gasteiger charge is -2.23. The summed E-state index contributed by atoms with van der Waals surface area (Å²) in [6.07, 6.45) is 2.05. The van der Waals surface area contributed by atoms with Crippen LogP contribution in [0.15, 0.2) is 48.7 Å². The molecule has 0 bridgehead atoms. The Kier molecular flexibility index (Phi) is 5.81. The van der Waals surface area contributed by atoms with Gasteiger partial charge in [0, 0.05) is 23.6 Å². The van der Waals surface area contributed by atoms with Gasteiger partial charge in [0.15, 0.2) is 5.75 Å². The lowest BCUT2D eigenvalue weighted by molar-refractivity contribution is -0.121. The average Bonchev–Trinajstić information content (AvgIpc) is 2.71. The average molecular weight is 385 g/mol. The van der Waals surface area contributed by atoms with Crippen LogP contribution >= 0.6 is 11.6 Å². The molecule has 0 fully saturated rings. The minimum absolute atomic E-state index is 0.0814. The van der Waals surface area contributed by atoms with Crippen molar-refractivity contribution in [3.63, 3.8) is 0 Å². The Labute approximate surface area is 163 Å². The third-order valence-corrected chi connectivity index (χ3v) is 4.71. The van der Waals surface area contributed by atoms with Gasteiger partial charge in [0.1, 0.15) is 11.3 Å². The summed E-state index contributed by atoms with van der Waals surface area (Å²) in [6.45, 7) is 1.81. The lowest BCUT2D eigenvalue weighted by Crippen LogP contribution is -2.29. The number of ether oxygens (including phenoxy) is 2. The number of carbonyl (C=O) groups is 1. The van der Waals surface area contributed by atoms with Crippen LogP contribution in [0.2, 0.25) is 5.02 Å². The Morgan fingerprint density at radius 3 is 2.70 bits per heavy atom. The largest absolute Gasteiger partial charge is 0.497 e. The highest BCUT2D eigenvalue weighted by atomic mass is 35.5. The van der Waals surface area contributed by atoms with Gasteiger partial charge in [-0.2, -0.15) is 0 Å². The second kappa shape index (κ2) is 8.27. The van der Waals surface area contributed by atoms with E-state index in [-0.39, 0.29) is 5.91 Å². The highest BCUT2D eigenvalue weighted by Gasteiger charge is 2.24. The van der Waals surface area contributed by atoms with Crippen molar-refractivity contribution in [1.29, 1.82) is 0 Å². The number of amides is 1. The van der Waals surface area contributed by atoms with Gasteiger partial charge in [-0.05, 0) is 35.9 Å². The highest BCUT2D eigenvalue weighted by molar-refractivity contribution is 6.35. The molecule has 0 radical (unpaired) electrons. The Bertz CT molecular complexity index is 975. The molecule has 0 saturated carbocycles. The molecule has 1 amide bonds. The van der Waals surface area contributed by atoms with E-state index in [1.807, 2.05) is 49.4 Å². The normalized spacial score (nSPS) is 11.9. The number of methoxy groups -OCH3 is 2. The number of nitrogens with one attached hydrogen (secondary N) is 1. The summed E-state index contributed by atoms with van der Waals surface area (Å²) >= 11 is 6.52. The van der Waals surface area contributed by atoms with Gasteiger partial charge < -0.3 is 14.8 Å². The molecule has 1 atom stereocenters. The van der Waals surface area contributed by atoms with Crippen molar-refractivity contribution in [3.05, 3.63) is 64.8 Å². The van der Waals surface area contributed by atoms with Crippen LogP contribution in [0.3, 0.4) is 0 Å². The van der Waals surface area contributed by atoms with E-state index in [1.165, 1.54) is 0 Å². The molecule has 0 saturated heterocycles. The molecule has 3 rings (SSSR count). The first-order chi connectivity index (χ1) is 13.1. The number of aromatic nitrogens is 1. The zero-order chi connectivity index (χ0) is 19.4. The smallest absolute Gasteiger partial charge is 0.220 e. The summed E-state index contributed by atoms with van der Waals surface area (Å²) in [5.41, 5.74) is 2.26. The number of rotatable bonds is 6. The molecule has 6 heteroatoms. The number of hydrogen-bond donors (Lipinski definition) is 1. The predicted octanol–water partition coefficient (Wildman–Crippen LogP) is 4.52. The topological polar surface area (TPSA) is 60.5 Å². The van der Waals surface area contributed by atoms with Gasteiger partial charge in [-0.3, -0.25) is 9.78 Å². The second-order valence-corrected chi connectivity index (χ2v) is 6.42. The standard InChI is InChI=1S/C21H21ClN2O3/c1-4-18(25)24-19(13-7-5-8-14(11-13)26-2)16-12-17(22)15-9-6-10-23-20(15)21(16)27-3/h5-12,19H,4H2,1-3H3,(H,24,25). The van der Waals surface area contributed by atoms with Crippen LogP contribution in [0.25, 0.3) is 10.9 Å². The number of benzene rings is 2. The van der Waals surface area contributed by atoms with E-state index in [0.29, 0.717) is 28.5 Å². The van der Waals surface area contributed by atoms with Crippen molar-refractivity contribution in [2.75, 3.05) is 14.2 Å². The van der Waals surface area contributed by atoms with Crippen LogP contribution in [-0.4, -0.2) is 25.1 Å². The maximum atomic E-state index is 12.2. The maximum Gasteiger partial charge on any atom is 0.220 e. The number of carbonyl (C=O) groups excluding carboxylic acids is 1. The van der Waals surface area contributed by atoms with Gasteiger partial charge in [-0.25, -0.2) is 0 Å². The summed E-state index contributed by atoms with van der Waals surface area (Å²) in [4.78, 5) is 16.7.